The fraction of sp³-hybridized carbons (Fsp3) is 0.667. The van der Waals surface area contributed by atoms with Crippen LogP contribution in [-0.2, 0) is 26.7 Å². The molecule has 0 radical (unpaired) electrons. The monoisotopic (exact) mass is 319 g/mol. The van der Waals surface area contributed by atoms with Crippen LogP contribution in [0.25, 0.3) is 0 Å². The van der Waals surface area contributed by atoms with Crippen LogP contribution >= 0.6 is 0 Å². The average Bonchev–Trinajstić information content (AvgIpc) is 3.09. The van der Waals surface area contributed by atoms with Crippen molar-refractivity contribution in [1.29, 1.82) is 0 Å². The van der Waals surface area contributed by atoms with Crippen molar-refractivity contribution >= 4 is 0 Å². The topological polar surface area (TPSA) is 89.2 Å². The number of hydrogen-bond donors (Lipinski definition) is 1. The maximum atomic E-state index is 5.49. The highest BCUT2D eigenvalue weighted by atomic mass is 16.5. The van der Waals surface area contributed by atoms with Crippen LogP contribution in [0.15, 0.2) is 4.52 Å². The molecule has 0 spiro atoms. The van der Waals surface area contributed by atoms with Crippen molar-refractivity contribution in [1.82, 2.24) is 29.7 Å². The van der Waals surface area contributed by atoms with Gasteiger partial charge in [0.25, 0.3) is 0 Å². The standard InChI is InChI=1S/C15H25N7O/c1-11-13(12(2)20(3)18-11)9-21-4-6-22(7-5-21)10-14-17-15(8-16)23-19-14/h4-10,16H2,1-3H3. The molecule has 8 heteroatoms. The van der Waals surface area contributed by atoms with Crippen LogP contribution in [0.4, 0.5) is 0 Å². The molecular formula is C15H25N7O. The van der Waals surface area contributed by atoms with Crippen molar-refractivity contribution in [3.63, 3.8) is 0 Å². The van der Waals surface area contributed by atoms with Crippen LogP contribution < -0.4 is 5.73 Å². The Morgan fingerprint density at radius 3 is 2.26 bits per heavy atom. The fourth-order valence-electron chi connectivity index (χ4n) is 3.01. The van der Waals surface area contributed by atoms with Gasteiger partial charge in [-0.25, -0.2) is 0 Å². The first kappa shape index (κ1) is 16.1. The van der Waals surface area contributed by atoms with E-state index in [-0.39, 0.29) is 0 Å². The molecule has 126 valence electrons. The lowest BCUT2D eigenvalue weighted by Gasteiger charge is -2.34. The van der Waals surface area contributed by atoms with Gasteiger partial charge in [0.15, 0.2) is 5.82 Å². The van der Waals surface area contributed by atoms with Crippen LogP contribution in [0.3, 0.4) is 0 Å². The van der Waals surface area contributed by atoms with Gasteiger partial charge in [0.05, 0.1) is 18.8 Å². The summed E-state index contributed by atoms with van der Waals surface area (Å²) < 4.78 is 7.02. The Labute approximate surface area is 136 Å². The number of nitrogens with two attached hydrogens (primary N) is 1. The molecule has 0 aliphatic carbocycles. The number of nitrogens with zero attached hydrogens (tertiary/aromatic N) is 6. The SMILES string of the molecule is Cc1nn(C)c(C)c1CN1CCN(Cc2noc(CN)n2)CC1. The molecule has 0 saturated carbocycles. The van der Waals surface area contributed by atoms with Crippen molar-refractivity contribution in [2.75, 3.05) is 26.2 Å². The van der Waals surface area contributed by atoms with Gasteiger partial charge in [0.2, 0.25) is 5.89 Å². The van der Waals surface area contributed by atoms with Gasteiger partial charge in [-0.05, 0) is 13.8 Å². The van der Waals surface area contributed by atoms with Crippen LogP contribution in [0.2, 0.25) is 0 Å². The summed E-state index contributed by atoms with van der Waals surface area (Å²) in [6, 6.07) is 0. The summed E-state index contributed by atoms with van der Waals surface area (Å²) in [5.74, 6) is 1.22. The van der Waals surface area contributed by atoms with Gasteiger partial charge in [-0.15, -0.1) is 0 Å². The molecule has 1 aliphatic rings. The molecule has 1 fully saturated rings. The third-order valence-electron chi connectivity index (χ3n) is 4.56. The molecule has 0 atom stereocenters. The zero-order chi connectivity index (χ0) is 16.4. The molecule has 1 saturated heterocycles. The van der Waals surface area contributed by atoms with Crippen LogP contribution in [0.5, 0.6) is 0 Å². The lowest BCUT2D eigenvalue weighted by atomic mass is 10.1. The summed E-state index contributed by atoms with van der Waals surface area (Å²) in [6.07, 6.45) is 0. The number of rotatable bonds is 5. The highest BCUT2D eigenvalue weighted by molar-refractivity contribution is 5.24. The first-order chi connectivity index (χ1) is 11.1. The fourth-order valence-corrected chi connectivity index (χ4v) is 3.01. The third kappa shape index (κ3) is 3.60. The normalized spacial score (nSPS) is 17.0. The zero-order valence-corrected chi connectivity index (χ0v) is 14.1. The summed E-state index contributed by atoms with van der Waals surface area (Å²) in [4.78, 5) is 9.10. The predicted octanol–water partition coefficient (Wildman–Crippen LogP) is 0.196. The predicted molar refractivity (Wildman–Crippen MR) is 85.4 cm³/mol. The van der Waals surface area contributed by atoms with E-state index in [1.165, 1.54) is 11.3 Å². The lowest BCUT2D eigenvalue weighted by molar-refractivity contribution is 0.119. The second kappa shape index (κ2) is 6.77. The number of piperazine rings is 1. The largest absolute Gasteiger partial charge is 0.338 e. The van der Waals surface area contributed by atoms with E-state index in [0.29, 0.717) is 12.4 Å². The summed E-state index contributed by atoms with van der Waals surface area (Å²) in [7, 11) is 2.00. The third-order valence-corrected chi connectivity index (χ3v) is 4.56. The van der Waals surface area contributed by atoms with Crippen molar-refractivity contribution in [2.45, 2.75) is 33.5 Å². The van der Waals surface area contributed by atoms with Crippen LogP contribution in [0.1, 0.15) is 28.7 Å². The minimum Gasteiger partial charge on any atom is -0.338 e. The van der Waals surface area contributed by atoms with E-state index in [1.807, 2.05) is 11.7 Å². The van der Waals surface area contributed by atoms with E-state index in [9.17, 15) is 0 Å². The highest BCUT2D eigenvalue weighted by Crippen LogP contribution is 2.16. The van der Waals surface area contributed by atoms with E-state index in [1.54, 1.807) is 0 Å². The molecule has 8 nitrogen and oxygen atoms in total. The number of hydrogen-bond acceptors (Lipinski definition) is 7. The quantitative estimate of drug-likeness (QED) is 0.842. The minimum absolute atomic E-state index is 0.296. The molecule has 2 aromatic rings. The smallest absolute Gasteiger partial charge is 0.240 e. The van der Waals surface area contributed by atoms with Crippen LogP contribution in [0, 0.1) is 13.8 Å². The minimum atomic E-state index is 0.296. The first-order valence-electron chi connectivity index (χ1n) is 8.02. The van der Waals surface area contributed by atoms with E-state index in [4.69, 9.17) is 10.3 Å². The molecule has 0 unspecified atom stereocenters. The second-order valence-corrected chi connectivity index (χ2v) is 6.13. The van der Waals surface area contributed by atoms with Gasteiger partial charge in [0, 0.05) is 51.0 Å². The summed E-state index contributed by atoms with van der Waals surface area (Å²) in [5, 5.41) is 8.46. The zero-order valence-electron chi connectivity index (χ0n) is 14.1. The molecule has 2 aromatic heterocycles. The van der Waals surface area contributed by atoms with Gasteiger partial charge < -0.3 is 10.3 Å². The molecule has 0 aromatic carbocycles. The maximum absolute atomic E-state index is 5.49. The van der Waals surface area contributed by atoms with Gasteiger partial charge in [0.1, 0.15) is 0 Å². The molecule has 23 heavy (non-hydrogen) atoms. The number of aromatic nitrogens is 4. The van der Waals surface area contributed by atoms with Gasteiger partial charge in [-0.2, -0.15) is 10.1 Å². The van der Waals surface area contributed by atoms with Gasteiger partial charge in [-0.1, -0.05) is 5.16 Å². The van der Waals surface area contributed by atoms with E-state index >= 15 is 0 Å². The molecule has 0 amide bonds. The molecule has 3 rings (SSSR count). The van der Waals surface area contributed by atoms with Crippen molar-refractivity contribution in [3.8, 4) is 0 Å². The summed E-state index contributed by atoms with van der Waals surface area (Å²) >= 11 is 0. The van der Waals surface area contributed by atoms with E-state index < -0.39 is 0 Å². The maximum Gasteiger partial charge on any atom is 0.240 e. The van der Waals surface area contributed by atoms with Crippen LogP contribution in [-0.4, -0.2) is 55.9 Å². The van der Waals surface area contributed by atoms with E-state index in [2.05, 4.69) is 38.9 Å². The molecule has 1 aliphatic heterocycles. The molecular weight excluding hydrogens is 294 g/mol. The summed E-state index contributed by atoms with van der Waals surface area (Å²) in [5.41, 5.74) is 9.23. The molecule has 0 bridgehead atoms. The Morgan fingerprint density at radius 2 is 1.74 bits per heavy atom. The Morgan fingerprint density at radius 1 is 1.09 bits per heavy atom. The second-order valence-electron chi connectivity index (χ2n) is 6.13. The van der Waals surface area contributed by atoms with E-state index in [0.717, 1.165) is 50.8 Å². The van der Waals surface area contributed by atoms with Crippen molar-refractivity contribution < 1.29 is 4.52 Å². The van der Waals surface area contributed by atoms with Gasteiger partial charge >= 0.3 is 0 Å². The highest BCUT2D eigenvalue weighted by Gasteiger charge is 2.21. The first-order valence-corrected chi connectivity index (χ1v) is 8.02. The van der Waals surface area contributed by atoms with Crippen molar-refractivity contribution in [3.05, 3.63) is 28.7 Å². The molecule has 3 heterocycles. The Kier molecular flexibility index (Phi) is 4.74. The number of aryl methyl sites for hydroxylation is 2. The van der Waals surface area contributed by atoms with Crippen molar-refractivity contribution in [2.24, 2.45) is 12.8 Å². The summed E-state index contributed by atoms with van der Waals surface area (Å²) in [6.45, 7) is 10.3. The van der Waals surface area contributed by atoms with Gasteiger partial charge in [-0.3, -0.25) is 14.5 Å². The Balaban J connectivity index is 1.52. The average molecular weight is 319 g/mol. The lowest BCUT2D eigenvalue weighted by Crippen LogP contribution is -2.45. The molecule has 2 N–H and O–H groups in total. The Hall–Kier alpha value is -1.77. The Bertz CT molecular complexity index is 655.